The summed E-state index contributed by atoms with van der Waals surface area (Å²) >= 11 is 0. The number of aliphatic hydroxyl groups is 2. The van der Waals surface area contributed by atoms with Gasteiger partial charge in [0.15, 0.2) is 0 Å². The Labute approximate surface area is 106 Å². The summed E-state index contributed by atoms with van der Waals surface area (Å²) < 4.78 is 0. The topological polar surface area (TPSA) is 110 Å². The molecule has 0 saturated heterocycles. The highest BCUT2D eigenvalue weighted by molar-refractivity contribution is 5.74. The van der Waals surface area contributed by atoms with Crippen molar-refractivity contribution in [3.8, 4) is 0 Å². The van der Waals surface area contributed by atoms with Crippen molar-refractivity contribution >= 4 is 12.0 Å². The number of nitrogens with zero attached hydrogens (tertiary/aromatic N) is 1. The lowest BCUT2D eigenvalue weighted by atomic mass is 10.0. The van der Waals surface area contributed by atoms with Crippen LogP contribution < -0.4 is 5.32 Å². The second kappa shape index (κ2) is 7.88. The Morgan fingerprint density at radius 2 is 1.94 bits per heavy atom. The van der Waals surface area contributed by atoms with Gasteiger partial charge in [0.1, 0.15) is 0 Å². The molecule has 0 aromatic heterocycles. The third kappa shape index (κ3) is 7.08. The van der Waals surface area contributed by atoms with Crippen LogP contribution in [0.1, 0.15) is 26.7 Å². The molecule has 1 unspecified atom stereocenters. The van der Waals surface area contributed by atoms with Gasteiger partial charge in [0.25, 0.3) is 0 Å². The monoisotopic (exact) mass is 262 g/mol. The van der Waals surface area contributed by atoms with Crippen LogP contribution in [0.15, 0.2) is 0 Å². The zero-order valence-corrected chi connectivity index (χ0v) is 10.8. The van der Waals surface area contributed by atoms with Crippen molar-refractivity contribution in [2.24, 2.45) is 0 Å². The summed E-state index contributed by atoms with van der Waals surface area (Å²) in [5.41, 5.74) is -1.49. The molecular formula is C11H22N2O5. The number of aliphatic carboxylic acids is 1. The Bertz CT molecular complexity index is 275. The van der Waals surface area contributed by atoms with Crippen LogP contribution in [0.2, 0.25) is 0 Å². The SMILES string of the molecule is CCCN(CCO)C(=O)NCC(C)(O)CC(=O)O. The molecule has 0 fully saturated rings. The smallest absolute Gasteiger partial charge is 0.317 e. The van der Waals surface area contributed by atoms with Crippen LogP contribution in [0, 0.1) is 0 Å². The largest absolute Gasteiger partial charge is 0.481 e. The summed E-state index contributed by atoms with van der Waals surface area (Å²) in [4.78, 5) is 23.6. The van der Waals surface area contributed by atoms with Crippen molar-refractivity contribution in [1.82, 2.24) is 10.2 Å². The lowest BCUT2D eigenvalue weighted by Crippen LogP contribution is -2.48. The lowest BCUT2D eigenvalue weighted by Gasteiger charge is -2.26. The predicted octanol–water partition coefficient (Wildman–Crippen LogP) is -0.374. The standard InChI is InChI=1S/C11H22N2O5/c1-3-4-13(5-6-14)10(17)12-8-11(2,18)7-9(15)16/h14,18H,3-8H2,1-2H3,(H,12,17)(H,15,16). The highest BCUT2D eigenvalue weighted by atomic mass is 16.4. The molecule has 0 bridgehead atoms. The molecule has 0 saturated carbocycles. The number of aliphatic hydroxyl groups excluding tert-OH is 1. The van der Waals surface area contributed by atoms with Gasteiger partial charge in [-0.1, -0.05) is 6.92 Å². The second-order valence-corrected chi connectivity index (χ2v) is 4.44. The quantitative estimate of drug-likeness (QED) is 0.477. The van der Waals surface area contributed by atoms with Gasteiger partial charge < -0.3 is 25.5 Å². The summed E-state index contributed by atoms with van der Waals surface area (Å²) in [6.07, 6.45) is 0.306. The molecule has 0 spiro atoms. The summed E-state index contributed by atoms with van der Waals surface area (Å²) in [7, 11) is 0. The van der Waals surface area contributed by atoms with E-state index in [1.165, 1.54) is 11.8 Å². The molecule has 1 atom stereocenters. The Balaban J connectivity index is 4.24. The van der Waals surface area contributed by atoms with Crippen LogP contribution >= 0.6 is 0 Å². The van der Waals surface area contributed by atoms with Gasteiger partial charge in [-0.25, -0.2) is 4.79 Å². The summed E-state index contributed by atoms with van der Waals surface area (Å²) in [5.74, 6) is -1.13. The molecule has 7 heteroatoms. The van der Waals surface area contributed by atoms with E-state index in [1.54, 1.807) is 0 Å². The molecule has 0 aliphatic heterocycles. The Hall–Kier alpha value is -1.34. The first-order valence-corrected chi connectivity index (χ1v) is 5.90. The van der Waals surface area contributed by atoms with Crippen molar-refractivity contribution < 1.29 is 24.9 Å². The van der Waals surface area contributed by atoms with Gasteiger partial charge in [-0.3, -0.25) is 4.79 Å². The van der Waals surface area contributed by atoms with Gasteiger partial charge >= 0.3 is 12.0 Å². The van der Waals surface area contributed by atoms with E-state index in [1.807, 2.05) is 6.92 Å². The van der Waals surface area contributed by atoms with Gasteiger partial charge in [-0.05, 0) is 13.3 Å². The van der Waals surface area contributed by atoms with Gasteiger partial charge in [-0.15, -0.1) is 0 Å². The summed E-state index contributed by atoms with van der Waals surface area (Å²) in [6, 6.07) is -0.420. The van der Waals surface area contributed by atoms with Crippen molar-refractivity contribution in [3.05, 3.63) is 0 Å². The zero-order valence-electron chi connectivity index (χ0n) is 10.8. The van der Waals surface area contributed by atoms with Crippen molar-refractivity contribution in [1.29, 1.82) is 0 Å². The van der Waals surface area contributed by atoms with Gasteiger partial charge in [0.05, 0.1) is 18.6 Å². The fourth-order valence-corrected chi connectivity index (χ4v) is 1.47. The molecule has 2 amide bonds. The van der Waals surface area contributed by atoms with Gasteiger partial charge in [0, 0.05) is 19.6 Å². The van der Waals surface area contributed by atoms with Crippen molar-refractivity contribution in [2.75, 3.05) is 26.2 Å². The highest BCUT2D eigenvalue weighted by Crippen LogP contribution is 2.07. The number of rotatable bonds is 8. The van der Waals surface area contributed by atoms with Crippen LogP contribution in [-0.4, -0.2) is 64.1 Å². The van der Waals surface area contributed by atoms with E-state index in [2.05, 4.69) is 5.32 Å². The molecule has 106 valence electrons. The first-order chi connectivity index (χ1) is 8.32. The lowest BCUT2D eigenvalue weighted by molar-refractivity contribution is -0.141. The first kappa shape index (κ1) is 16.7. The average Bonchev–Trinajstić information content (AvgIpc) is 2.24. The van der Waals surface area contributed by atoms with Crippen molar-refractivity contribution in [3.63, 3.8) is 0 Å². The molecule has 18 heavy (non-hydrogen) atoms. The molecule has 0 aromatic carbocycles. The molecule has 0 rings (SSSR count). The van der Waals surface area contributed by atoms with Crippen LogP contribution in [0.5, 0.6) is 0 Å². The fraction of sp³-hybridized carbons (Fsp3) is 0.818. The van der Waals surface area contributed by atoms with Crippen LogP contribution in [0.25, 0.3) is 0 Å². The number of carboxylic acids is 1. The maximum Gasteiger partial charge on any atom is 0.317 e. The predicted molar refractivity (Wildman–Crippen MR) is 65.2 cm³/mol. The number of carboxylic acid groups (broad SMARTS) is 1. The minimum atomic E-state index is -1.49. The third-order valence-electron chi connectivity index (χ3n) is 2.30. The van der Waals surface area contributed by atoms with Crippen LogP contribution in [-0.2, 0) is 4.79 Å². The molecule has 0 aliphatic rings. The van der Waals surface area contributed by atoms with Crippen LogP contribution in [0.3, 0.4) is 0 Å². The fourth-order valence-electron chi connectivity index (χ4n) is 1.47. The van der Waals surface area contributed by atoms with E-state index >= 15 is 0 Å². The molecule has 0 radical (unpaired) electrons. The van der Waals surface area contributed by atoms with E-state index in [9.17, 15) is 14.7 Å². The Morgan fingerprint density at radius 3 is 2.39 bits per heavy atom. The number of urea groups is 1. The Morgan fingerprint density at radius 1 is 1.33 bits per heavy atom. The maximum atomic E-state index is 11.7. The minimum absolute atomic E-state index is 0.140. The van der Waals surface area contributed by atoms with Crippen molar-refractivity contribution in [2.45, 2.75) is 32.3 Å². The molecular weight excluding hydrogens is 240 g/mol. The zero-order chi connectivity index (χ0) is 14.2. The number of hydrogen-bond donors (Lipinski definition) is 4. The first-order valence-electron chi connectivity index (χ1n) is 5.90. The normalized spacial score (nSPS) is 13.8. The number of amides is 2. The second-order valence-electron chi connectivity index (χ2n) is 4.44. The van der Waals surface area contributed by atoms with E-state index in [0.717, 1.165) is 6.42 Å². The van der Waals surface area contributed by atoms with E-state index in [-0.39, 0.29) is 19.7 Å². The molecule has 0 aromatic rings. The average molecular weight is 262 g/mol. The summed E-state index contributed by atoms with van der Waals surface area (Å²) in [5, 5.41) is 29.6. The molecule has 4 N–H and O–H groups in total. The highest BCUT2D eigenvalue weighted by Gasteiger charge is 2.25. The third-order valence-corrected chi connectivity index (χ3v) is 2.30. The number of carbonyl (C=O) groups is 2. The van der Waals surface area contributed by atoms with Crippen LogP contribution in [0.4, 0.5) is 4.79 Å². The Kier molecular flexibility index (Phi) is 7.30. The molecule has 0 heterocycles. The molecule has 7 nitrogen and oxygen atoms in total. The van der Waals surface area contributed by atoms with E-state index in [4.69, 9.17) is 10.2 Å². The minimum Gasteiger partial charge on any atom is -0.481 e. The number of carbonyl (C=O) groups excluding carboxylic acids is 1. The van der Waals surface area contributed by atoms with E-state index < -0.39 is 24.0 Å². The molecule has 0 aliphatic carbocycles. The number of nitrogens with one attached hydrogen (secondary N) is 1. The van der Waals surface area contributed by atoms with Gasteiger partial charge in [0.2, 0.25) is 0 Å². The van der Waals surface area contributed by atoms with E-state index in [0.29, 0.717) is 6.54 Å². The van der Waals surface area contributed by atoms with Gasteiger partial charge in [-0.2, -0.15) is 0 Å². The number of hydrogen-bond acceptors (Lipinski definition) is 4. The summed E-state index contributed by atoms with van der Waals surface area (Å²) in [6.45, 7) is 3.66. The maximum absolute atomic E-state index is 11.7.